The van der Waals surface area contributed by atoms with Crippen LogP contribution in [-0.2, 0) is 4.79 Å². The van der Waals surface area contributed by atoms with Gasteiger partial charge in [-0.1, -0.05) is 13.0 Å². The minimum Gasteiger partial charge on any atom is -0.334 e. The Morgan fingerprint density at radius 1 is 1.20 bits per heavy atom. The van der Waals surface area contributed by atoms with Crippen molar-refractivity contribution in [3.05, 3.63) is 41.5 Å². The van der Waals surface area contributed by atoms with E-state index in [1.54, 1.807) is 0 Å². The van der Waals surface area contributed by atoms with Gasteiger partial charge in [-0.05, 0) is 45.2 Å². The molecular formula is C19H25N5O. The van der Waals surface area contributed by atoms with Gasteiger partial charge in [-0.25, -0.2) is 15.0 Å². The molecular weight excluding hydrogens is 314 g/mol. The molecule has 1 aliphatic heterocycles. The van der Waals surface area contributed by atoms with Crippen molar-refractivity contribution in [3.63, 3.8) is 0 Å². The molecule has 3 heterocycles. The molecule has 0 radical (unpaired) electrons. The minimum absolute atomic E-state index is 0.0360. The quantitative estimate of drug-likeness (QED) is 0.920. The lowest BCUT2D eigenvalue weighted by Gasteiger charge is -2.35. The van der Waals surface area contributed by atoms with E-state index in [4.69, 9.17) is 0 Å². The fraction of sp³-hybridized carbons (Fsp3) is 0.474. The molecule has 0 saturated carbocycles. The fourth-order valence-corrected chi connectivity index (χ4v) is 3.31. The van der Waals surface area contributed by atoms with Gasteiger partial charge >= 0.3 is 0 Å². The highest BCUT2D eigenvalue weighted by molar-refractivity contribution is 5.76. The van der Waals surface area contributed by atoms with Gasteiger partial charge in [-0.3, -0.25) is 4.79 Å². The smallest absolute Gasteiger partial charge is 0.222 e. The van der Waals surface area contributed by atoms with Crippen molar-refractivity contribution in [1.29, 1.82) is 0 Å². The lowest BCUT2D eigenvalue weighted by molar-refractivity contribution is -0.134. The number of carbonyl (C=O) groups is 1. The average Bonchev–Trinajstić information content (AvgIpc) is 2.60. The number of carbonyl (C=O) groups excluding carboxylic acids is 1. The van der Waals surface area contributed by atoms with Crippen LogP contribution in [0.5, 0.6) is 0 Å². The molecule has 1 saturated heterocycles. The molecule has 0 spiro atoms. The van der Waals surface area contributed by atoms with Gasteiger partial charge in [-0.2, -0.15) is 0 Å². The largest absolute Gasteiger partial charge is 0.334 e. The molecule has 25 heavy (non-hydrogen) atoms. The van der Waals surface area contributed by atoms with Crippen molar-refractivity contribution >= 4 is 17.5 Å². The molecule has 0 bridgehead atoms. The number of rotatable bonds is 4. The van der Waals surface area contributed by atoms with Crippen LogP contribution >= 0.6 is 0 Å². The second kappa shape index (κ2) is 7.59. The van der Waals surface area contributed by atoms with Crippen LogP contribution in [0.25, 0.3) is 0 Å². The topological polar surface area (TPSA) is 71.0 Å². The second-order valence-corrected chi connectivity index (χ2v) is 6.47. The van der Waals surface area contributed by atoms with Crippen LogP contribution in [0.4, 0.5) is 11.6 Å². The first-order valence-electron chi connectivity index (χ1n) is 8.92. The first-order chi connectivity index (χ1) is 12.1. The van der Waals surface area contributed by atoms with E-state index in [2.05, 4.69) is 20.3 Å². The highest BCUT2D eigenvalue weighted by Crippen LogP contribution is 2.31. The lowest BCUT2D eigenvalue weighted by atomic mass is 9.98. The zero-order chi connectivity index (χ0) is 17.8. The summed E-state index contributed by atoms with van der Waals surface area (Å²) in [4.78, 5) is 27.8. The number of aromatic nitrogens is 3. The summed E-state index contributed by atoms with van der Waals surface area (Å²) in [6.07, 6.45) is 3.65. The van der Waals surface area contributed by atoms with Crippen LogP contribution in [0.1, 0.15) is 55.9 Å². The zero-order valence-electron chi connectivity index (χ0n) is 15.1. The van der Waals surface area contributed by atoms with Crippen molar-refractivity contribution in [2.75, 3.05) is 11.9 Å². The van der Waals surface area contributed by atoms with Crippen LogP contribution < -0.4 is 5.32 Å². The monoisotopic (exact) mass is 339 g/mol. The molecule has 1 fully saturated rings. The summed E-state index contributed by atoms with van der Waals surface area (Å²) in [5, 5.41) is 3.26. The third-order valence-electron chi connectivity index (χ3n) is 4.47. The molecule has 132 valence electrons. The van der Waals surface area contributed by atoms with Crippen LogP contribution in [0, 0.1) is 13.8 Å². The predicted molar refractivity (Wildman–Crippen MR) is 97.6 cm³/mol. The fourth-order valence-electron chi connectivity index (χ4n) is 3.31. The van der Waals surface area contributed by atoms with E-state index in [-0.39, 0.29) is 11.9 Å². The van der Waals surface area contributed by atoms with Crippen molar-refractivity contribution in [2.45, 2.75) is 52.5 Å². The predicted octanol–water partition coefficient (Wildman–Crippen LogP) is 3.70. The number of piperidine rings is 1. The van der Waals surface area contributed by atoms with Crippen molar-refractivity contribution in [2.24, 2.45) is 0 Å². The van der Waals surface area contributed by atoms with Gasteiger partial charge in [0, 0.05) is 24.7 Å². The van der Waals surface area contributed by atoms with Crippen molar-refractivity contribution in [3.8, 4) is 0 Å². The number of anilines is 2. The van der Waals surface area contributed by atoms with Gasteiger partial charge in [0.1, 0.15) is 17.5 Å². The Balaban J connectivity index is 1.88. The molecule has 1 atom stereocenters. The number of nitrogens with one attached hydrogen (secondary N) is 1. The third kappa shape index (κ3) is 4.13. The Hall–Kier alpha value is -2.50. The molecule has 2 aromatic rings. The van der Waals surface area contributed by atoms with Gasteiger partial charge in [-0.15, -0.1) is 0 Å². The number of hydrogen-bond acceptors (Lipinski definition) is 5. The van der Waals surface area contributed by atoms with E-state index in [9.17, 15) is 4.79 Å². The number of likely N-dealkylation sites (tertiary alicyclic amines) is 1. The van der Waals surface area contributed by atoms with Crippen LogP contribution in [0.15, 0.2) is 24.3 Å². The number of nitrogens with zero attached hydrogens (tertiary/aromatic N) is 4. The van der Waals surface area contributed by atoms with E-state index < -0.39 is 0 Å². The second-order valence-electron chi connectivity index (χ2n) is 6.47. The molecule has 3 rings (SSSR count). The first-order valence-corrected chi connectivity index (χ1v) is 8.92. The maximum absolute atomic E-state index is 12.3. The summed E-state index contributed by atoms with van der Waals surface area (Å²) < 4.78 is 0. The van der Waals surface area contributed by atoms with Gasteiger partial charge in [0.2, 0.25) is 5.91 Å². The Bertz CT molecular complexity index is 761. The lowest BCUT2D eigenvalue weighted by Crippen LogP contribution is -2.38. The van der Waals surface area contributed by atoms with Crippen LogP contribution in [0.3, 0.4) is 0 Å². The molecule has 0 aliphatic carbocycles. The summed E-state index contributed by atoms with van der Waals surface area (Å²) in [7, 11) is 0. The van der Waals surface area contributed by atoms with E-state index in [1.165, 1.54) is 0 Å². The number of amides is 1. The number of aryl methyl sites for hydroxylation is 2. The Labute approximate surface area is 148 Å². The Morgan fingerprint density at radius 3 is 2.80 bits per heavy atom. The third-order valence-corrected chi connectivity index (χ3v) is 4.47. The van der Waals surface area contributed by atoms with E-state index in [1.807, 2.05) is 49.9 Å². The molecule has 6 heteroatoms. The van der Waals surface area contributed by atoms with Crippen LogP contribution in [0.2, 0.25) is 0 Å². The first kappa shape index (κ1) is 17.3. The van der Waals surface area contributed by atoms with Crippen molar-refractivity contribution in [1.82, 2.24) is 19.9 Å². The molecule has 0 unspecified atom stereocenters. The summed E-state index contributed by atoms with van der Waals surface area (Å²) in [6, 6.07) is 7.81. The average molecular weight is 339 g/mol. The Kier molecular flexibility index (Phi) is 5.26. The highest BCUT2D eigenvalue weighted by Gasteiger charge is 2.28. The summed E-state index contributed by atoms with van der Waals surface area (Å²) in [5.74, 6) is 2.36. The number of pyridine rings is 1. The molecule has 1 aliphatic rings. The Morgan fingerprint density at radius 2 is 2.04 bits per heavy atom. The van der Waals surface area contributed by atoms with E-state index in [0.29, 0.717) is 12.2 Å². The minimum atomic E-state index is 0.0360. The highest BCUT2D eigenvalue weighted by atomic mass is 16.2. The summed E-state index contributed by atoms with van der Waals surface area (Å²) in [5.41, 5.74) is 1.85. The van der Waals surface area contributed by atoms with E-state index >= 15 is 0 Å². The SMILES string of the molecule is CCC(=O)N1CCCC[C@H]1c1cc(Nc2cccc(C)n2)nc(C)n1. The molecule has 0 aromatic carbocycles. The molecule has 1 amide bonds. The molecule has 6 nitrogen and oxygen atoms in total. The molecule has 1 N–H and O–H groups in total. The maximum Gasteiger partial charge on any atom is 0.222 e. The van der Waals surface area contributed by atoms with Gasteiger partial charge < -0.3 is 10.2 Å². The van der Waals surface area contributed by atoms with Gasteiger partial charge in [0.25, 0.3) is 0 Å². The zero-order valence-corrected chi connectivity index (χ0v) is 15.1. The maximum atomic E-state index is 12.3. The summed E-state index contributed by atoms with van der Waals surface area (Å²) in [6.45, 7) is 6.56. The molecule has 2 aromatic heterocycles. The number of hydrogen-bond donors (Lipinski definition) is 1. The normalized spacial score (nSPS) is 17.4. The standard InChI is InChI=1S/C19H25N5O/c1-4-19(25)24-11-6-5-9-16(24)15-12-18(22-14(3)21-15)23-17-10-7-8-13(2)20-17/h7-8,10,12,16H,4-6,9,11H2,1-3H3,(H,20,21,22,23)/t16-/m0/s1. The van der Waals surface area contributed by atoms with E-state index in [0.717, 1.165) is 48.8 Å². The van der Waals surface area contributed by atoms with Gasteiger partial charge in [0.05, 0.1) is 11.7 Å². The van der Waals surface area contributed by atoms with Crippen molar-refractivity contribution < 1.29 is 4.79 Å². The van der Waals surface area contributed by atoms with Gasteiger partial charge in [0.15, 0.2) is 0 Å². The summed E-state index contributed by atoms with van der Waals surface area (Å²) >= 11 is 0. The van der Waals surface area contributed by atoms with Crippen LogP contribution in [-0.4, -0.2) is 32.3 Å².